The quantitative estimate of drug-likeness (QED) is 0.596. The van der Waals surface area contributed by atoms with Crippen molar-refractivity contribution in [2.24, 2.45) is 0 Å². The average molecular weight is 394 g/mol. The van der Waals surface area contributed by atoms with Crippen molar-refractivity contribution >= 4 is 12.2 Å². The number of aryl methyl sites for hydroxylation is 1. The second-order valence-electron chi connectivity index (χ2n) is 7.22. The number of hydrogen-bond donors (Lipinski definition) is 0. The SMILES string of the molecule is CCn1cnn(CN2CCN(C(c3ccccc3)c3ccccc3)CC2)c1=S. The smallest absolute Gasteiger partial charge is 0.198 e. The standard InChI is InChI=1S/C22H27N5S/c1-2-25-17-23-27(22(25)28)18-24-13-15-26(16-14-24)21(19-9-5-3-6-10-19)20-11-7-4-8-12-20/h3-12,17,21H,2,13-16,18H2,1H3. The van der Waals surface area contributed by atoms with Crippen LogP contribution in [-0.4, -0.2) is 50.3 Å². The van der Waals surface area contributed by atoms with Gasteiger partial charge in [0.2, 0.25) is 0 Å². The van der Waals surface area contributed by atoms with E-state index in [2.05, 4.69) is 82.5 Å². The average Bonchev–Trinajstić information content (AvgIpc) is 3.10. The first-order valence-electron chi connectivity index (χ1n) is 9.95. The van der Waals surface area contributed by atoms with Gasteiger partial charge >= 0.3 is 0 Å². The van der Waals surface area contributed by atoms with E-state index in [0.29, 0.717) is 6.04 Å². The van der Waals surface area contributed by atoms with Gasteiger partial charge < -0.3 is 4.57 Å². The predicted molar refractivity (Wildman–Crippen MR) is 115 cm³/mol. The summed E-state index contributed by atoms with van der Waals surface area (Å²) in [7, 11) is 0. The summed E-state index contributed by atoms with van der Waals surface area (Å²) in [5, 5.41) is 4.45. The number of hydrogen-bond acceptors (Lipinski definition) is 4. The Labute approximate surface area is 171 Å². The minimum atomic E-state index is 0.297. The maximum atomic E-state index is 5.51. The minimum Gasteiger partial charge on any atom is -0.307 e. The number of benzene rings is 2. The molecule has 0 bridgehead atoms. The Morgan fingerprint density at radius 2 is 1.46 bits per heavy atom. The molecule has 1 aromatic heterocycles. The van der Waals surface area contributed by atoms with Gasteiger partial charge in [0.05, 0.1) is 12.7 Å². The minimum absolute atomic E-state index is 0.297. The van der Waals surface area contributed by atoms with E-state index in [1.165, 1.54) is 11.1 Å². The molecule has 0 spiro atoms. The fraction of sp³-hybridized carbons (Fsp3) is 0.364. The van der Waals surface area contributed by atoms with E-state index < -0.39 is 0 Å². The molecule has 1 saturated heterocycles. The van der Waals surface area contributed by atoms with Crippen LogP contribution in [0.1, 0.15) is 24.1 Å². The summed E-state index contributed by atoms with van der Waals surface area (Å²) in [5.41, 5.74) is 2.71. The van der Waals surface area contributed by atoms with Gasteiger partial charge in [0.25, 0.3) is 0 Å². The van der Waals surface area contributed by atoms with Crippen molar-refractivity contribution in [2.45, 2.75) is 26.2 Å². The Hall–Kier alpha value is -2.28. The number of aromatic nitrogens is 3. The van der Waals surface area contributed by atoms with Gasteiger partial charge in [0.1, 0.15) is 6.33 Å². The molecule has 0 saturated carbocycles. The normalized spacial score (nSPS) is 15.9. The molecule has 4 rings (SSSR count). The van der Waals surface area contributed by atoms with Crippen LogP contribution in [0.3, 0.4) is 0 Å². The summed E-state index contributed by atoms with van der Waals surface area (Å²) < 4.78 is 4.74. The summed E-state index contributed by atoms with van der Waals surface area (Å²) in [4.78, 5) is 5.03. The van der Waals surface area contributed by atoms with Gasteiger partial charge in [-0.15, -0.1) is 0 Å². The van der Waals surface area contributed by atoms with E-state index in [-0.39, 0.29) is 0 Å². The molecule has 0 radical (unpaired) electrons. The molecule has 0 N–H and O–H groups in total. The summed E-state index contributed by atoms with van der Waals surface area (Å²) >= 11 is 5.51. The van der Waals surface area contributed by atoms with Gasteiger partial charge in [-0.25, -0.2) is 4.68 Å². The first kappa shape index (κ1) is 19.1. The lowest BCUT2D eigenvalue weighted by Gasteiger charge is -2.39. The van der Waals surface area contributed by atoms with Gasteiger partial charge in [-0.3, -0.25) is 9.80 Å². The van der Waals surface area contributed by atoms with Crippen LogP contribution in [-0.2, 0) is 13.2 Å². The largest absolute Gasteiger partial charge is 0.307 e. The molecule has 28 heavy (non-hydrogen) atoms. The van der Waals surface area contributed by atoms with Gasteiger partial charge in [-0.1, -0.05) is 60.7 Å². The highest BCUT2D eigenvalue weighted by Crippen LogP contribution is 2.29. The third kappa shape index (κ3) is 4.09. The zero-order valence-electron chi connectivity index (χ0n) is 16.3. The topological polar surface area (TPSA) is 29.2 Å². The molecule has 2 aromatic carbocycles. The molecule has 146 valence electrons. The third-order valence-electron chi connectivity index (χ3n) is 5.47. The molecule has 0 aliphatic carbocycles. The van der Waals surface area contributed by atoms with Crippen molar-refractivity contribution in [1.29, 1.82) is 0 Å². The van der Waals surface area contributed by atoms with Crippen molar-refractivity contribution in [3.8, 4) is 0 Å². The zero-order chi connectivity index (χ0) is 19.3. The van der Waals surface area contributed by atoms with Crippen LogP contribution in [0.5, 0.6) is 0 Å². The van der Waals surface area contributed by atoms with Crippen LogP contribution < -0.4 is 0 Å². The van der Waals surface area contributed by atoms with Crippen molar-refractivity contribution in [1.82, 2.24) is 24.1 Å². The van der Waals surface area contributed by atoms with Crippen molar-refractivity contribution in [2.75, 3.05) is 26.2 Å². The maximum absolute atomic E-state index is 5.51. The van der Waals surface area contributed by atoms with Crippen molar-refractivity contribution < 1.29 is 0 Å². The zero-order valence-corrected chi connectivity index (χ0v) is 17.1. The van der Waals surface area contributed by atoms with Gasteiger partial charge in [-0.05, 0) is 30.3 Å². The van der Waals surface area contributed by atoms with Gasteiger partial charge in [0.15, 0.2) is 4.77 Å². The molecule has 1 fully saturated rings. The monoisotopic (exact) mass is 393 g/mol. The molecule has 0 amide bonds. The molecule has 1 aliphatic rings. The van der Waals surface area contributed by atoms with Crippen LogP contribution in [0.4, 0.5) is 0 Å². The number of piperazine rings is 1. The van der Waals surface area contributed by atoms with Gasteiger partial charge in [-0.2, -0.15) is 5.10 Å². The molecule has 1 aliphatic heterocycles. The van der Waals surface area contributed by atoms with E-state index in [9.17, 15) is 0 Å². The Morgan fingerprint density at radius 1 is 0.893 bits per heavy atom. The van der Waals surface area contributed by atoms with Gasteiger partial charge in [0, 0.05) is 32.7 Å². The van der Waals surface area contributed by atoms with Crippen LogP contribution >= 0.6 is 12.2 Å². The van der Waals surface area contributed by atoms with Crippen LogP contribution in [0.2, 0.25) is 0 Å². The van der Waals surface area contributed by atoms with Crippen molar-refractivity contribution in [3.05, 3.63) is 82.9 Å². The highest BCUT2D eigenvalue weighted by atomic mass is 32.1. The first-order chi connectivity index (χ1) is 13.8. The molecule has 2 heterocycles. The number of rotatable bonds is 6. The van der Waals surface area contributed by atoms with E-state index in [1.54, 1.807) is 0 Å². The lowest BCUT2D eigenvalue weighted by Crippen LogP contribution is -2.48. The Kier molecular flexibility index (Phi) is 6.00. The van der Waals surface area contributed by atoms with E-state index >= 15 is 0 Å². The molecule has 0 unspecified atom stereocenters. The Bertz CT molecular complexity index is 887. The van der Waals surface area contributed by atoms with E-state index in [4.69, 9.17) is 12.2 Å². The molecule has 6 heteroatoms. The second-order valence-corrected chi connectivity index (χ2v) is 7.58. The van der Waals surface area contributed by atoms with E-state index in [0.717, 1.165) is 44.2 Å². The highest BCUT2D eigenvalue weighted by molar-refractivity contribution is 7.71. The summed E-state index contributed by atoms with van der Waals surface area (Å²) in [6.07, 6.45) is 1.83. The van der Waals surface area contributed by atoms with E-state index in [1.807, 2.05) is 15.6 Å². The lowest BCUT2D eigenvalue weighted by atomic mass is 9.96. The number of nitrogens with zero attached hydrogens (tertiary/aromatic N) is 5. The summed E-state index contributed by atoms with van der Waals surface area (Å²) in [6, 6.07) is 21.9. The predicted octanol–water partition coefficient (Wildman–Crippen LogP) is 3.80. The maximum Gasteiger partial charge on any atom is 0.198 e. The molecule has 3 aromatic rings. The molecule has 0 atom stereocenters. The highest BCUT2D eigenvalue weighted by Gasteiger charge is 2.26. The second kappa shape index (κ2) is 8.82. The van der Waals surface area contributed by atoms with Crippen LogP contribution in [0.25, 0.3) is 0 Å². The molecular weight excluding hydrogens is 366 g/mol. The lowest BCUT2D eigenvalue weighted by molar-refractivity contribution is 0.0843. The molecule has 5 nitrogen and oxygen atoms in total. The Balaban J connectivity index is 1.47. The van der Waals surface area contributed by atoms with Crippen molar-refractivity contribution in [3.63, 3.8) is 0 Å². The summed E-state index contributed by atoms with van der Waals surface area (Å²) in [5.74, 6) is 0. The fourth-order valence-electron chi connectivity index (χ4n) is 3.92. The third-order valence-corrected chi connectivity index (χ3v) is 5.92. The fourth-order valence-corrected chi connectivity index (χ4v) is 4.20. The molecular formula is C22H27N5S. The van der Waals surface area contributed by atoms with Crippen LogP contribution in [0, 0.1) is 4.77 Å². The summed E-state index contributed by atoms with van der Waals surface area (Å²) in [6.45, 7) is 7.79. The first-order valence-corrected chi connectivity index (χ1v) is 10.4. The van der Waals surface area contributed by atoms with Crippen LogP contribution in [0.15, 0.2) is 67.0 Å². The Morgan fingerprint density at radius 3 is 1.96 bits per heavy atom.